The molecule has 6 nitrogen and oxygen atoms in total. The van der Waals surface area contributed by atoms with Crippen LogP contribution in [0.25, 0.3) is 0 Å². The number of carbonyl (C=O) groups excluding carboxylic acids is 2. The summed E-state index contributed by atoms with van der Waals surface area (Å²) in [4.78, 5) is 24.8. The van der Waals surface area contributed by atoms with Gasteiger partial charge in [0, 0.05) is 6.42 Å². The molecule has 0 aromatic carbocycles. The number of hydrogen-bond acceptors (Lipinski definition) is 5. The minimum atomic E-state index is -0.438. The van der Waals surface area contributed by atoms with E-state index < -0.39 is 12.2 Å². The molecule has 0 radical (unpaired) electrons. The molecule has 148 valence electrons. The third-order valence-corrected chi connectivity index (χ3v) is 6.11. The van der Waals surface area contributed by atoms with Gasteiger partial charge in [-0.05, 0) is 45.4 Å². The van der Waals surface area contributed by atoms with Crippen molar-refractivity contribution in [1.82, 2.24) is 0 Å². The van der Waals surface area contributed by atoms with Crippen LogP contribution in [0.2, 0.25) is 0 Å². The van der Waals surface area contributed by atoms with Crippen molar-refractivity contribution >= 4 is 11.9 Å². The van der Waals surface area contributed by atoms with Gasteiger partial charge in [-0.3, -0.25) is 4.79 Å². The summed E-state index contributed by atoms with van der Waals surface area (Å²) in [6.45, 7) is 1.85. The molecule has 3 N–H and O–H groups in total. The molecule has 1 heterocycles. The minimum Gasteiger partial charge on any atom is -0.459 e. The molecule has 4 atom stereocenters. The predicted molar refractivity (Wildman–Crippen MR) is 95.0 cm³/mol. The first-order valence-corrected chi connectivity index (χ1v) is 10.4. The summed E-state index contributed by atoms with van der Waals surface area (Å²) in [7, 11) is 0. The normalized spacial score (nSPS) is 34.8. The number of carbonyl (C=O) groups is 2. The Labute approximate surface area is 156 Å². The quantitative estimate of drug-likeness (QED) is 0.768. The highest BCUT2D eigenvalue weighted by molar-refractivity contribution is 5.74. The van der Waals surface area contributed by atoms with Gasteiger partial charge in [-0.15, -0.1) is 0 Å². The van der Waals surface area contributed by atoms with Gasteiger partial charge in [-0.25, -0.2) is 4.79 Å². The average molecular weight is 368 g/mol. The van der Waals surface area contributed by atoms with Crippen LogP contribution in [0, 0.1) is 5.92 Å². The van der Waals surface area contributed by atoms with Crippen LogP contribution < -0.4 is 5.73 Å². The molecule has 26 heavy (non-hydrogen) atoms. The fourth-order valence-electron chi connectivity index (χ4n) is 4.47. The first kappa shape index (κ1) is 19.6. The van der Waals surface area contributed by atoms with Gasteiger partial charge in [0.25, 0.3) is 0 Å². The van der Waals surface area contributed by atoms with Crippen LogP contribution in [0.3, 0.4) is 0 Å². The van der Waals surface area contributed by atoms with Crippen molar-refractivity contribution in [1.29, 1.82) is 0 Å². The fourth-order valence-corrected chi connectivity index (χ4v) is 4.47. The van der Waals surface area contributed by atoms with Crippen molar-refractivity contribution in [2.24, 2.45) is 5.92 Å². The van der Waals surface area contributed by atoms with Gasteiger partial charge in [-0.2, -0.15) is 0 Å². The molecule has 2 aliphatic carbocycles. The summed E-state index contributed by atoms with van der Waals surface area (Å²) in [6.07, 6.45) is 9.55. The monoisotopic (exact) mass is 368 g/mol. The molecule has 3 fully saturated rings. The summed E-state index contributed by atoms with van der Waals surface area (Å²) >= 11 is 0. The number of rotatable bonds is 4. The molecule has 3 rings (SSSR count). The van der Waals surface area contributed by atoms with E-state index in [4.69, 9.17) is 14.2 Å². The van der Waals surface area contributed by atoms with E-state index in [0.717, 1.165) is 44.9 Å². The zero-order chi connectivity index (χ0) is 18.5. The third-order valence-electron chi connectivity index (χ3n) is 6.11. The molecule has 0 aromatic heterocycles. The van der Waals surface area contributed by atoms with E-state index in [2.05, 4.69) is 5.73 Å². The summed E-state index contributed by atoms with van der Waals surface area (Å²) in [5, 5.41) is 0. The van der Waals surface area contributed by atoms with Crippen LogP contribution in [0.5, 0.6) is 0 Å². The molecule has 0 bridgehead atoms. The highest BCUT2D eigenvalue weighted by Crippen LogP contribution is 2.30. The standard InChI is InChI=1S/C20H33NO5/c1-13-18(25-15-9-4-5-10-15)17(12-6-11-16(21)20(23)24-13)26-19(22)14-7-2-3-8-14/h13-18H,2-12,21H2,1H3/p+1/t13-,16-,17-,18-/m0/s1. The molecule has 0 unspecified atom stereocenters. The second-order valence-corrected chi connectivity index (χ2v) is 8.23. The van der Waals surface area contributed by atoms with Gasteiger partial charge in [0.05, 0.1) is 12.0 Å². The van der Waals surface area contributed by atoms with Gasteiger partial charge >= 0.3 is 11.9 Å². The Morgan fingerprint density at radius 2 is 1.65 bits per heavy atom. The van der Waals surface area contributed by atoms with Crippen LogP contribution in [-0.2, 0) is 23.8 Å². The lowest BCUT2D eigenvalue weighted by atomic mass is 10.0. The summed E-state index contributed by atoms with van der Waals surface area (Å²) in [6, 6.07) is -0.367. The van der Waals surface area contributed by atoms with E-state index in [1.54, 1.807) is 0 Å². The van der Waals surface area contributed by atoms with Gasteiger partial charge in [0.2, 0.25) is 0 Å². The Kier molecular flexibility index (Phi) is 6.92. The number of cyclic esters (lactones) is 1. The molecular weight excluding hydrogens is 334 g/mol. The second-order valence-electron chi connectivity index (χ2n) is 8.23. The summed E-state index contributed by atoms with van der Waals surface area (Å²) in [5.41, 5.74) is 3.91. The highest BCUT2D eigenvalue weighted by atomic mass is 16.6. The smallest absolute Gasteiger partial charge is 0.365 e. The number of ether oxygens (including phenoxy) is 3. The molecule has 2 saturated carbocycles. The van der Waals surface area contributed by atoms with Gasteiger partial charge in [0.1, 0.15) is 18.3 Å². The van der Waals surface area contributed by atoms with E-state index in [1.165, 1.54) is 12.8 Å². The lowest BCUT2D eigenvalue weighted by Crippen LogP contribution is -2.65. The maximum atomic E-state index is 12.6. The average Bonchev–Trinajstić information content (AvgIpc) is 3.31. The molecule has 1 aliphatic heterocycles. The van der Waals surface area contributed by atoms with E-state index >= 15 is 0 Å². The zero-order valence-electron chi connectivity index (χ0n) is 16.0. The van der Waals surface area contributed by atoms with Gasteiger partial charge in [0.15, 0.2) is 6.04 Å². The molecule has 0 spiro atoms. The maximum absolute atomic E-state index is 12.6. The van der Waals surface area contributed by atoms with Gasteiger partial charge < -0.3 is 19.9 Å². The molecule has 0 amide bonds. The topological polar surface area (TPSA) is 89.5 Å². The van der Waals surface area contributed by atoms with Crippen molar-refractivity contribution in [3.8, 4) is 0 Å². The Morgan fingerprint density at radius 1 is 1.00 bits per heavy atom. The van der Waals surface area contributed by atoms with E-state index in [1.807, 2.05) is 6.92 Å². The first-order chi connectivity index (χ1) is 12.5. The van der Waals surface area contributed by atoms with Crippen molar-refractivity contribution in [3.05, 3.63) is 0 Å². The lowest BCUT2D eigenvalue weighted by Gasteiger charge is -2.33. The zero-order valence-corrected chi connectivity index (χ0v) is 16.0. The predicted octanol–water partition coefficient (Wildman–Crippen LogP) is 2.14. The summed E-state index contributed by atoms with van der Waals surface area (Å²) < 4.78 is 17.9. The van der Waals surface area contributed by atoms with Crippen molar-refractivity contribution in [2.45, 2.75) is 108 Å². The molecule has 0 aromatic rings. The first-order valence-electron chi connectivity index (χ1n) is 10.4. The molecule has 3 aliphatic rings. The SMILES string of the molecule is C[C@@H]1OC(=O)[C@@H]([NH3+])CCC[C@H](OC(=O)C2CCCC2)[C@H]1OC1CCCC1. The van der Waals surface area contributed by atoms with Crippen LogP contribution in [0.1, 0.15) is 77.6 Å². The third kappa shape index (κ3) is 4.97. The van der Waals surface area contributed by atoms with E-state index in [-0.39, 0.29) is 36.1 Å². The van der Waals surface area contributed by atoms with Crippen LogP contribution >= 0.6 is 0 Å². The minimum absolute atomic E-state index is 0.0215. The van der Waals surface area contributed by atoms with Gasteiger partial charge in [-0.1, -0.05) is 25.7 Å². The van der Waals surface area contributed by atoms with Crippen LogP contribution in [0.4, 0.5) is 0 Å². The summed E-state index contributed by atoms with van der Waals surface area (Å²) in [5.74, 6) is -0.357. The van der Waals surface area contributed by atoms with Crippen LogP contribution in [-0.4, -0.2) is 42.4 Å². The number of quaternary nitrogens is 1. The Bertz CT molecular complexity index is 485. The van der Waals surface area contributed by atoms with Crippen LogP contribution in [0.15, 0.2) is 0 Å². The maximum Gasteiger partial charge on any atom is 0.365 e. The molecule has 6 heteroatoms. The number of esters is 2. The Morgan fingerprint density at radius 3 is 2.35 bits per heavy atom. The largest absolute Gasteiger partial charge is 0.459 e. The second kappa shape index (κ2) is 9.18. The highest BCUT2D eigenvalue weighted by Gasteiger charge is 2.39. The van der Waals surface area contributed by atoms with Crippen molar-refractivity contribution < 1.29 is 29.5 Å². The fraction of sp³-hybridized carbons (Fsp3) is 0.900. The molecular formula is C20H34NO5+. The lowest BCUT2D eigenvalue weighted by molar-refractivity contribution is -0.410. The Hall–Kier alpha value is -1.14. The molecule has 1 saturated heterocycles. The Balaban J connectivity index is 1.72. The van der Waals surface area contributed by atoms with Crippen molar-refractivity contribution in [2.75, 3.05) is 0 Å². The van der Waals surface area contributed by atoms with E-state index in [9.17, 15) is 9.59 Å². The van der Waals surface area contributed by atoms with E-state index in [0.29, 0.717) is 12.8 Å². The number of hydrogen-bond donors (Lipinski definition) is 1. The van der Waals surface area contributed by atoms with Crippen molar-refractivity contribution in [3.63, 3.8) is 0 Å².